The van der Waals surface area contributed by atoms with E-state index in [1.807, 2.05) is 0 Å². The molecule has 0 unspecified atom stereocenters. The Kier molecular flexibility index (Phi) is 4.26. The third kappa shape index (κ3) is 3.18. The zero-order valence-electron chi connectivity index (χ0n) is 8.94. The van der Waals surface area contributed by atoms with Crippen LogP contribution in [0.25, 0.3) is 0 Å². The molecule has 1 atom stereocenters. The van der Waals surface area contributed by atoms with Crippen molar-refractivity contribution in [1.29, 1.82) is 0 Å². The summed E-state index contributed by atoms with van der Waals surface area (Å²) in [5.41, 5.74) is 0.550. The van der Waals surface area contributed by atoms with E-state index >= 15 is 0 Å². The first kappa shape index (κ1) is 12.9. The summed E-state index contributed by atoms with van der Waals surface area (Å²) in [6.45, 7) is 3.30. The van der Waals surface area contributed by atoms with Crippen molar-refractivity contribution in [3.8, 4) is 5.75 Å². The van der Waals surface area contributed by atoms with Crippen molar-refractivity contribution in [1.82, 2.24) is 0 Å². The topological polar surface area (TPSA) is 72.6 Å². The second-order valence-corrected chi connectivity index (χ2v) is 4.40. The number of rotatable bonds is 4. The standard InChI is InChI=1S/C10H12BrNO4/c1-6-3-8(11)4-9(12(14)15)10(6)16-5-7(2)13/h3-4,7,13H,5H2,1-2H3/t7-/m1/s1. The second kappa shape index (κ2) is 5.27. The van der Waals surface area contributed by atoms with Gasteiger partial charge in [0.1, 0.15) is 6.61 Å². The fourth-order valence-electron chi connectivity index (χ4n) is 1.24. The van der Waals surface area contributed by atoms with Crippen LogP contribution in [-0.2, 0) is 0 Å². The maximum atomic E-state index is 10.8. The summed E-state index contributed by atoms with van der Waals surface area (Å²) in [6, 6.07) is 3.11. The number of aryl methyl sites for hydroxylation is 1. The van der Waals surface area contributed by atoms with E-state index in [4.69, 9.17) is 9.84 Å². The summed E-state index contributed by atoms with van der Waals surface area (Å²) in [6.07, 6.45) is -0.664. The second-order valence-electron chi connectivity index (χ2n) is 3.49. The van der Waals surface area contributed by atoms with Crippen LogP contribution in [-0.4, -0.2) is 22.7 Å². The molecule has 1 rings (SSSR count). The van der Waals surface area contributed by atoms with Crippen molar-refractivity contribution in [2.24, 2.45) is 0 Å². The molecule has 0 saturated carbocycles. The number of hydrogen-bond acceptors (Lipinski definition) is 4. The molecule has 1 N–H and O–H groups in total. The fraction of sp³-hybridized carbons (Fsp3) is 0.400. The number of benzene rings is 1. The van der Waals surface area contributed by atoms with Gasteiger partial charge in [0.25, 0.3) is 0 Å². The molecule has 0 bridgehead atoms. The molecule has 0 aromatic heterocycles. The molecule has 1 aromatic rings. The van der Waals surface area contributed by atoms with E-state index in [-0.39, 0.29) is 18.0 Å². The van der Waals surface area contributed by atoms with Gasteiger partial charge in [-0.2, -0.15) is 0 Å². The van der Waals surface area contributed by atoms with Gasteiger partial charge < -0.3 is 9.84 Å². The minimum Gasteiger partial charge on any atom is -0.484 e. The third-order valence-corrected chi connectivity index (χ3v) is 2.34. The van der Waals surface area contributed by atoms with E-state index < -0.39 is 11.0 Å². The van der Waals surface area contributed by atoms with Gasteiger partial charge in [0.15, 0.2) is 5.75 Å². The molecule has 0 aliphatic carbocycles. The minimum absolute atomic E-state index is 0.0311. The maximum absolute atomic E-state index is 10.8. The summed E-state index contributed by atoms with van der Waals surface area (Å²) in [4.78, 5) is 10.3. The third-order valence-electron chi connectivity index (χ3n) is 1.89. The van der Waals surface area contributed by atoms with Gasteiger partial charge in [-0.25, -0.2) is 0 Å². The predicted molar refractivity (Wildman–Crippen MR) is 62.7 cm³/mol. The van der Waals surface area contributed by atoms with Gasteiger partial charge in [0.05, 0.1) is 11.0 Å². The molecule has 0 aliphatic heterocycles. The van der Waals surface area contributed by atoms with Gasteiger partial charge in [0.2, 0.25) is 0 Å². The van der Waals surface area contributed by atoms with Crippen molar-refractivity contribution >= 4 is 21.6 Å². The maximum Gasteiger partial charge on any atom is 0.312 e. The lowest BCUT2D eigenvalue weighted by Gasteiger charge is -2.11. The number of nitro groups is 1. The van der Waals surface area contributed by atoms with E-state index in [1.165, 1.54) is 6.07 Å². The molecule has 0 saturated heterocycles. The van der Waals surface area contributed by atoms with Crippen LogP contribution < -0.4 is 4.74 Å². The van der Waals surface area contributed by atoms with Crippen molar-refractivity contribution in [2.45, 2.75) is 20.0 Å². The lowest BCUT2D eigenvalue weighted by Crippen LogP contribution is -2.14. The molecule has 0 radical (unpaired) electrons. The zero-order chi connectivity index (χ0) is 12.3. The number of aliphatic hydroxyl groups is 1. The summed E-state index contributed by atoms with van der Waals surface area (Å²) < 4.78 is 5.86. The first-order chi connectivity index (χ1) is 7.41. The van der Waals surface area contributed by atoms with Crippen LogP contribution in [0.15, 0.2) is 16.6 Å². The fourth-order valence-corrected chi connectivity index (χ4v) is 1.80. The Bertz CT molecular complexity index is 406. The summed E-state index contributed by atoms with van der Waals surface area (Å²) >= 11 is 3.19. The number of hydrogen-bond donors (Lipinski definition) is 1. The molecule has 0 amide bonds. The summed E-state index contributed by atoms with van der Waals surface area (Å²) in [5, 5.41) is 19.9. The van der Waals surface area contributed by atoms with Gasteiger partial charge >= 0.3 is 5.69 Å². The largest absolute Gasteiger partial charge is 0.484 e. The summed E-state index contributed by atoms with van der Waals surface area (Å²) in [7, 11) is 0. The first-order valence-electron chi connectivity index (χ1n) is 4.67. The highest BCUT2D eigenvalue weighted by Crippen LogP contribution is 2.34. The first-order valence-corrected chi connectivity index (χ1v) is 5.46. The van der Waals surface area contributed by atoms with E-state index in [1.54, 1.807) is 19.9 Å². The highest BCUT2D eigenvalue weighted by atomic mass is 79.9. The average molecular weight is 290 g/mol. The van der Waals surface area contributed by atoms with E-state index in [2.05, 4.69) is 15.9 Å². The Morgan fingerprint density at radius 3 is 2.75 bits per heavy atom. The van der Waals surface area contributed by atoms with Crippen LogP contribution in [0.4, 0.5) is 5.69 Å². The van der Waals surface area contributed by atoms with Crippen molar-refractivity contribution in [2.75, 3.05) is 6.61 Å². The van der Waals surface area contributed by atoms with Gasteiger partial charge in [-0.15, -0.1) is 0 Å². The average Bonchev–Trinajstić information content (AvgIpc) is 2.14. The number of halogens is 1. The van der Waals surface area contributed by atoms with Crippen molar-refractivity contribution in [3.63, 3.8) is 0 Å². The SMILES string of the molecule is Cc1cc(Br)cc([N+](=O)[O-])c1OC[C@@H](C)O. The molecule has 5 nitrogen and oxygen atoms in total. The van der Waals surface area contributed by atoms with Crippen LogP contribution in [0.1, 0.15) is 12.5 Å². The van der Waals surface area contributed by atoms with E-state index in [0.29, 0.717) is 10.0 Å². The molecule has 0 fully saturated rings. The molecule has 0 spiro atoms. The Balaban J connectivity index is 3.09. The van der Waals surface area contributed by atoms with Crippen LogP contribution in [0.2, 0.25) is 0 Å². The number of nitro benzene ring substituents is 1. The smallest absolute Gasteiger partial charge is 0.312 e. The molecule has 0 heterocycles. The number of aliphatic hydroxyl groups excluding tert-OH is 1. The lowest BCUT2D eigenvalue weighted by molar-refractivity contribution is -0.386. The van der Waals surface area contributed by atoms with Crippen molar-refractivity contribution < 1.29 is 14.8 Å². The lowest BCUT2D eigenvalue weighted by atomic mass is 10.2. The van der Waals surface area contributed by atoms with Gasteiger partial charge in [-0.1, -0.05) is 15.9 Å². The highest BCUT2D eigenvalue weighted by Gasteiger charge is 2.19. The molecular formula is C10H12BrNO4. The Morgan fingerprint density at radius 2 is 2.25 bits per heavy atom. The zero-order valence-corrected chi connectivity index (χ0v) is 10.5. The Labute approximate surface area is 101 Å². The molecule has 6 heteroatoms. The van der Waals surface area contributed by atoms with Crippen molar-refractivity contribution in [3.05, 3.63) is 32.3 Å². The molecular weight excluding hydrogens is 278 g/mol. The number of nitrogens with zero attached hydrogens (tertiary/aromatic N) is 1. The van der Waals surface area contributed by atoms with Crippen LogP contribution >= 0.6 is 15.9 Å². The summed E-state index contributed by atoms with van der Waals surface area (Å²) in [5.74, 6) is 0.203. The van der Waals surface area contributed by atoms with Gasteiger partial charge in [0, 0.05) is 10.5 Å². The predicted octanol–water partition coefficient (Wildman–Crippen LogP) is 2.43. The molecule has 1 aromatic carbocycles. The van der Waals surface area contributed by atoms with E-state index in [0.717, 1.165) is 0 Å². The van der Waals surface area contributed by atoms with Gasteiger partial charge in [-0.05, 0) is 25.5 Å². The normalized spacial score (nSPS) is 12.2. The molecule has 0 aliphatic rings. The van der Waals surface area contributed by atoms with E-state index in [9.17, 15) is 10.1 Å². The molecule has 16 heavy (non-hydrogen) atoms. The molecule has 88 valence electrons. The minimum atomic E-state index is -0.664. The van der Waals surface area contributed by atoms with Crippen LogP contribution in [0.5, 0.6) is 5.75 Å². The Hall–Kier alpha value is -1.14. The van der Waals surface area contributed by atoms with Gasteiger partial charge in [-0.3, -0.25) is 10.1 Å². The van der Waals surface area contributed by atoms with Crippen LogP contribution in [0.3, 0.4) is 0 Å². The highest BCUT2D eigenvalue weighted by molar-refractivity contribution is 9.10. The number of ether oxygens (including phenoxy) is 1. The quantitative estimate of drug-likeness (QED) is 0.682. The Morgan fingerprint density at radius 1 is 1.62 bits per heavy atom. The van der Waals surface area contributed by atoms with Crippen LogP contribution in [0, 0.1) is 17.0 Å². The monoisotopic (exact) mass is 289 g/mol.